The fourth-order valence-electron chi connectivity index (χ4n) is 4.30. The normalized spacial score (nSPS) is 13.9. The molecular weight excluding hydrogens is 460 g/mol. The van der Waals surface area contributed by atoms with Gasteiger partial charge in [-0.1, -0.05) is 44.0 Å². The Morgan fingerprint density at radius 1 is 0.889 bits per heavy atom. The molecule has 0 aliphatic carbocycles. The maximum absolute atomic E-state index is 13.4. The number of ether oxygens (including phenoxy) is 2. The van der Waals surface area contributed by atoms with Gasteiger partial charge in [-0.3, -0.25) is 14.4 Å². The molecule has 0 amide bonds. The number of hydrogen-bond acceptors (Lipinski definition) is 7. The van der Waals surface area contributed by atoms with Crippen molar-refractivity contribution in [2.75, 3.05) is 0 Å². The van der Waals surface area contributed by atoms with Gasteiger partial charge >= 0.3 is 11.9 Å². The SMILES string of the molecule is CCCCCC(CCCC(CCc1ccc(CC(=O)[O-])cc1)(C(C)=O)C(=O)OC(C)(C)C)OC(C)=O. The summed E-state index contributed by atoms with van der Waals surface area (Å²) >= 11 is 0. The summed E-state index contributed by atoms with van der Waals surface area (Å²) in [6.07, 6.45) is 5.53. The van der Waals surface area contributed by atoms with Crippen LogP contribution in [0.25, 0.3) is 0 Å². The van der Waals surface area contributed by atoms with Crippen molar-refractivity contribution in [3.63, 3.8) is 0 Å². The average molecular weight is 504 g/mol. The van der Waals surface area contributed by atoms with Gasteiger partial charge in [-0.2, -0.15) is 0 Å². The summed E-state index contributed by atoms with van der Waals surface area (Å²) in [4.78, 5) is 48.8. The van der Waals surface area contributed by atoms with E-state index in [2.05, 4.69) is 6.92 Å². The second-order valence-corrected chi connectivity index (χ2v) is 10.6. The Hall–Kier alpha value is -2.70. The highest BCUT2D eigenvalue weighted by Crippen LogP contribution is 2.36. The Labute approximate surface area is 215 Å². The van der Waals surface area contributed by atoms with Crippen LogP contribution in [0.4, 0.5) is 0 Å². The Morgan fingerprint density at radius 2 is 1.47 bits per heavy atom. The van der Waals surface area contributed by atoms with E-state index in [1.54, 1.807) is 32.9 Å². The average Bonchev–Trinajstić information content (AvgIpc) is 2.75. The molecule has 0 aliphatic heterocycles. The number of ketones is 1. The van der Waals surface area contributed by atoms with Gasteiger partial charge in [0.15, 0.2) is 0 Å². The molecule has 1 aromatic carbocycles. The minimum Gasteiger partial charge on any atom is -0.550 e. The molecule has 1 rings (SSSR count). The van der Waals surface area contributed by atoms with Gasteiger partial charge < -0.3 is 19.4 Å². The number of aryl methyl sites for hydroxylation is 1. The molecule has 0 spiro atoms. The molecule has 7 heteroatoms. The topological polar surface area (TPSA) is 110 Å². The predicted molar refractivity (Wildman–Crippen MR) is 136 cm³/mol. The van der Waals surface area contributed by atoms with Crippen LogP contribution < -0.4 is 5.11 Å². The lowest BCUT2D eigenvalue weighted by Gasteiger charge is -2.33. The van der Waals surface area contributed by atoms with Gasteiger partial charge in [-0.15, -0.1) is 0 Å². The molecule has 7 nitrogen and oxygen atoms in total. The molecule has 2 unspecified atom stereocenters. The van der Waals surface area contributed by atoms with E-state index in [0.29, 0.717) is 31.2 Å². The molecule has 36 heavy (non-hydrogen) atoms. The van der Waals surface area contributed by atoms with E-state index in [1.165, 1.54) is 13.8 Å². The minimum absolute atomic E-state index is 0.169. The van der Waals surface area contributed by atoms with E-state index in [0.717, 1.165) is 31.2 Å². The van der Waals surface area contributed by atoms with Gasteiger partial charge in [0.2, 0.25) is 0 Å². The summed E-state index contributed by atoms with van der Waals surface area (Å²) in [5.41, 5.74) is -0.543. The first-order chi connectivity index (χ1) is 16.8. The van der Waals surface area contributed by atoms with E-state index >= 15 is 0 Å². The summed E-state index contributed by atoms with van der Waals surface area (Å²) in [7, 11) is 0. The van der Waals surface area contributed by atoms with Crippen molar-refractivity contribution in [1.82, 2.24) is 0 Å². The quantitative estimate of drug-likeness (QED) is 0.185. The van der Waals surface area contributed by atoms with E-state index in [4.69, 9.17) is 9.47 Å². The third-order valence-corrected chi connectivity index (χ3v) is 6.27. The molecule has 2 atom stereocenters. The number of benzene rings is 1. The van der Waals surface area contributed by atoms with E-state index in [9.17, 15) is 24.3 Å². The zero-order valence-electron chi connectivity index (χ0n) is 22.8. The van der Waals surface area contributed by atoms with Crippen LogP contribution in [-0.2, 0) is 41.5 Å². The third kappa shape index (κ3) is 11.4. The highest BCUT2D eigenvalue weighted by molar-refractivity contribution is 6.02. The maximum Gasteiger partial charge on any atom is 0.320 e. The lowest BCUT2D eigenvalue weighted by atomic mass is 9.74. The number of carboxylic acids is 1. The number of rotatable bonds is 16. The molecular formula is C29H43O7-. The standard InChI is InChI=1S/C29H44O7/c1-7-8-9-11-25(35-22(3)31)12-10-18-29(21(2)30,27(34)36-28(4,5)6)19-17-23-13-15-24(16-14-23)20-26(32)33/h13-16,25H,7-12,17-20H2,1-6H3,(H,32,33)/p-1. The number of aliphatic carboxylic acids is 1. The molecule has 0 fully saturated rings. The van der Waals surface area contributed by atoms with Crippen molar-refractivity contribution < 1.29 is 33.8 Å². The first-order valence-corrected chi connectivity index (χ1v) is 13.0. The summed E-state index contributed by atoms with van der Waals surface area (Å²) in [6.45, 7) is 10.3. The zero-order valence-corrected chi connectivity index (χ0v) is 22.8. The van der Waals surface area contributed by atoms with Crippen LogP contribution in [0.2, 0.25) is 0 Å². The van der Waals surface area contributed by atoms with Gasteiger partial charge in [0.25, 0.3) is 0 Å². The number of carboxylic acid groups (broad SMARTS) is 1. The van der Waals surface area contributed by atoms with Crippen molar-refractivity contribution in [3.05, 3.63) is 35.4 Å². The second kappa shape index (κ2) is 14.8. The number of hydrogen-bond donors (Lipinski definition) is 0. The fourth-order valence-corrected chi connectivity index (χ4v) is 4.30. The Kier molecular flexibility index (Phi) is 12.8. The summed E-state index contributed by atoms with van der Waals surface area (Å²) in [6, 6.07) is 7.05. The predicted octanol–water partition coefficient (Wildman–Crippen LogP) is 4.51. The van der Waals surface area contributed by atoms with Crippen LogP contribution in [0.5, 0.6) is 0 Å². The molecule has 0 N–H and O–H groups in total. The second-order valence-electron chi connectivity index (χ2n) is 10.6. The largest absolute Gasteiger partial charge is 0.550 e. The maximum atomic E-state index is 13.4. The number of carbonyl (C=O) groups is 4. The fraction of sp³-hybridized carbons (Fsp3) is 0.655. The van der Waals surface area contributed by atoms with Gasteiger partial charge in [0.05, 0.1) is 0 Å². The Bertz CT molecular complexity index is 867. The molecule has 202 valence electrons. The van der Waals surface area contributed by atoms with Crippen molar-refractivity contribution >= 4 is 23.7 Å². The monoisotopic (exact) mass is 503 g/mol. The molecule has 0 bridgehead atoms. The van der Waals surface area contributed by atoms with Gasteiger partial charge in [0, 0.05) is 19.3 Å². The van der Waals surface area contributed by atoms with Crippen LogP contribution in [0.15, 0.2) is 24.3 Å². The van der Waals surface area contributed by atoms with Crippen molar-refractivity contribution in [1.29, 1.82) is 0 Å². The smallest absolute Gasteiger partial charge is 0.320 e. The van der Waals surface area contributed by atoms with E-state index in [1.807, 2.05) is 12.1 Å². The number of esters is 2. The van der Waals surface area contributed by atoms with Crippen LogP contribution in [0.3, 0.4) is 0 Å². The molecule has 0 aromatic heterocycles. The van der Waals surface area contributed by atoms with Crippen LogP contribution in [0, 0.1) is 5.41 Å². The summed E-state index contributed by atoms with van der Waals surface area (Å²) < 4.78 is 11.2. The Morgan fingerprint density at radius 3 is 1.97 bits per heavy atom. The highest BCUT2D eigenvalue weighted by atomic mass is 16.6. The van der Waals surface area contributed by atoms with Crippen LogP contribution in [0.1, 0.15) is 104 Å². The van der Waals surface area contributed by atoms with Crippen LogP contribution in [-0.4, -0.2) is 35.4 Å². The van der Waals surface area contributed by atoms with E-state index < -0.39 is 23.0 Å². The highest BCUT2D eigenvalue weighted by Gasteiger charge is 2.45. The molecule has 0 aliphatic rings. The molecule has 0 saturated heterocycles. The number of carbonyl (C=O) groups excluding carboxylic acids is 4. The first kappa shape index (κ1) is 31.3. The zero-order chi connectivity index (χ0) is 27.4. The number of Topliss-reactive ketones (excluding diaryl/α,β-unsaturated/α-hetero) is 1. The van der Waals surface area contributed by atoms with E-state index in [-0.39, 0.29) is 30.7 Å². The summed E-state index contributed by atoms with van der Waals surface area (Å²) in [5, 5.41) is 10.8. The summed E-state index contributed by atoms with van der Waals surface area (Å²) in [5.74, 6) is -2.26. The minimum atomic E-state index is -1.32. The number of unbranched alkanes of at least 4 members (excludes halogenated alkanes) is 2. The third-order valence-electron chi connectivity index (χ3n) is 6.27. The van der Waals surface area contributed by atoms with Gasteiger partial charge in [-0.05, 0) is 83.8 Å². The van der Waals surface area contributed by atoms with Crippen molar-refractivity contribution in [2.45, 2.75) is 117 Å². The molecule has 0 radical (unpaired) electrons. The Balaban J connectivity index is 3.06. The molecule has 1 aromatic rings. The van der Waals surface area contributed by atoms with Crippen molar-refractivity contribution in [3.8, 4) is 0 Å². The van der Waals surface area contributed by atoms with Crippen LogP contribution >= 0.6 is 0 Å². The lowest BCUT2D eigenvalue weighted by Crippen LogP contribution is -2.43. The molecule has 0 heterocycles. The van der Waals surface area contributed by atoms with Gasteiger partial charge in [-0.25, -0.2) is 0 Å². The van der Waals surface area contributed by atoms with Crippen molar-refractivity contribution in [2.24, 2.45) is 5.41 Å². The molecule has 0 saturated carbocycles. The van der Waals surface area contributed by atoms with Gasteiger partial charge in [0.1, 0.15) is 22.9 Å². The first-order valence-electron chi connectivity index (χ1n) is 13.0. The lowest BCUT2D eigenvalue weighted by molar-refractivity contribution is -0.304.